The Morgan fingerprint density at radius 2 is 1.76 bits per heavy atom. The average Bonchev–Trinajstić information content (AvgIpc) is 2.66. The molecule has 0 bridgehead atoms. The average molecular weight is 397 g/mol. The topological polar surface area (TPSA) is 78.9 Å². The summed E-state index contributed by atoms with van der Waals surface area (Å²) in [6, 6.07) is 8.68. The number of nitrogens with one attached hydrogen (secondary N) is 3. The lowest BCUT2D eigenvalue weighted by atomic mass is 10.1. The lowest BCUT2D eigenvalue weighted by molar-refractivity contribution is 0.102. The molecule has 0 radical (unpaired) electrons. The highest BCUT2D eigenvalue weighted by Gasteiger charge is 2.19. The number of nitrogens with zero attached hydrogens (tertiary/aromatic N) is 2. The second kappa shape index (κ2) is 8.22. The summed E-state index contributed by atoms with van der Waals surface area (Å²) in [5.74, 6) is -1.96. The van der Waals surface area contributed by atoms with Gasteiger partial charge in [0.15, 0.2) is 11.6 Å². The van der Waals surface area contributed by atoms with Crippen molar-refractivity contribution in [3.63, 3.8) is 0 Å². The highest BCUT2D eigenvalue weighted by Crippen LogP contribution is 2.28. The van der Waals surface area contributed by atoms with Gasteiger partial charge in [-0.15, -0.1) is 0 Å². The van der Waals surface area contributed by atoms with Gasteiger partial charge in [-0.3, -0.25) is 9.78 Å². The Morgan fingerprint density at radius 1 is 0.966 bits per heavy atom. The van der Waals surface area contributed by atoms with E-state index < -0.39 is 17.5 Å². The lowest BCUT2D eigenvalue weighted by Crippen LogP contribution is -2.28. The molecule has 0 atom stereocenters. The van der Waals surface area contributed by atoms with Crippen molar-refractivity contribution in [2.45, 2.75) is 26.3 Å². The van der Waals surface area contributed by atoms with Gasteiger partial charge in [0, 0.05) is 17.9 Å². The normalized spacial score (nSPS) is 11.1. The van der Waals surface area contributed by atoms with Crippen LogP contribution in [-0.4, -0.2) is 21.4 Å². The van der Waals surface area contributed by atoms with Crippen molar-refractivity contribution in [1.29, 1.82) is 0 Å². The highest BCUT2D eigenvalue weighted by molar-refractivity contribution is 6.08. The summed E-state index contributed by atoms with van der Waals surface area (Å²) in [5.41, 5.74) is 0.676. The first-order valence-electron chi connectivity index (χ1n) is 8.94. The smallest absolute Gasteiger partial charge is 0.259 e. The van der Waals surface area contributed by atoms with Crippen LogP contribution in [0.15, 0.2) is 55.0 Å². The first-order chi connectivity index (χ1) is 13.7. The van der Waals surface area contributed by atoms with Crippen LogP contribution >= 0.6 is 0 Å². The molecule has 0 aliphatic carbocycles. The van der Waals surface area contributed by atoms with Gasteiger partial charge >= 0.3 is 0 Å². The van der Waals surface area contributed by atoms with Crippen LogP contribution in [0, 0.1) is 11.6 Å². The molecule has 2 aromatic heterocycles. The molecule has 150 valence electrons. The third-order valence-corrected chi connectivity index (χ3v) is 3.84. The second-order valence-electron chi connectivity index (χ2n) is 7.38. The number of amides is 1. The number of carbonyl (C=O) groups excluding carboxylic acids is 1. The van der Waals surface area contributed by atoms with Crippen LogP contribution in [0.3, 0.4) is 0 Å². The number of halogens is 2. The van der Waals surface area contributed by atoms with Crippen molar-refractivity contribution in [2.24, 2.45) is 0 Å². The molecule has 0 spiro atoms. The van der Waals surface area contributed by atoms with Gasteiger partial charge < -0.3 is 16.0 Å². The molecule has 0 aliphatic heterocycles. The van der Waals surface area contributed by atoms with Crippen molar-refractivity contribution < 1.29 is 13.6 Å². The van der Waals surface area contributed by atoms with Crippen molar-refractivity contribution >= 4 is 28.8 Å². The van der Waals surface area contributed by atoms with E-state index in [4.69, 9.17) is 0 Å². The molecule has 1 aromatic carbocycles. The zero-order chi connectivity index (χ0) is 21.0. The van der Waals surface area contributed by atoms with Gasteiger partial charge in [-0.05, 0) is 51.1 Å². The predicted molar refractivity (Wildman–Crippen MR) is 109 cm³/mol. The quantitative estimate of drug-likeness (QED) is 0.567. The van der Waals surface area contributed by atoms with Crippen LogP contribution in [0.4, 0.5) is 31.7 Å². The Morgan fingerprint density at radius 3 is 2.52 bits per heavy atom. The molecule has 0 aliphatic rings. The molecule has 1 amide bonds. The van der Waals surface area contributed by atoms with Crippen LogP contribution in [-0.2, 0) is 0 Å². The number of rotatable bonds is 5. The van der Waals surface area contributed by atoms with Crippen molar-refractivity contribution in [1.82, 2.24) is 9.97 Å². The Labute approximate surface area is 167 Å². The van der Waals surface area contributed by atoms with E-state index in [-0.39, 0.29) is 11.2 Å². The molecule has 6 nitrogen and oxygen atoms in total. The summed E-state index contributed by atoms with van der Waals surface area (Å²) >= 11 is 0. The maximum absolute atomic E-state index is 14.0. The standard InChI is InChI=1S/C21H21F2N5O/c1-21(2,3)28-19-13(6-5-10-25-19)20(29)27-17-12-24-11-9-15(17)26-16-8-4-7-14(22)18(16)23/h4-12H,1-3H3,(H,24,26)(H,25,28)(H,27,29). The number of carbonyl (C=O) groups is 1. The van der Waals surface area contributed by atoms with E-state index in [0.29, 0.717) is 22.8 Å². The van der Waals surface area contributed by atoms with Gasteiger partial charge in [-0.25, -0.2) is 13.8 Å². The predicted octanol–water partition coefficient (Wildman–Crippen LogP) is 4.96. The monoisotopic (exact) mass is 397 g/mol. The molecule has 2 heterocycles. The van der Waals surface area contributed by atoms with Gasteiger partial charge in [-0.1, -0.05) is 6.07 Å². The van der Waals surface area contributed by atoms with Gasteiger partial charge in [0.1, 0.15) is 5.82 Å². The number of anilines is 4. The Kier molecular flexibility index (Phi) is 5.72. The third-order valence-electron chi connectivity index (χ3n) is 3.84. The van der Waals surface area contributed by atoms with E-state index in [2.05, 4.69) is 25.9 Å². The van der Waals surface area contributed by atoms with Crippen LogP contribution in [0.1, 0.15) is 31.1 Å². The molecule has 3 aromatic rings. The van der Waals surface area contributed by atoms with Crippen LogP contribution in [0.5, 0.6) is 0 Å². The lowest BCUT2D eigenvalue weighted by Gasteiger charge is -2.23. The molecule has 0 fully saturated rings. The van der Waals surface area contributed by atoms with Crippen LogP contribution in [0.25, 0.3) is 0 Å². The molecule has 29 heavy (non-hydrogen) atoms. The van der Waals surface area contributed by atoms with E-state index in [1.807, 2.05) is 20.8 Å². The molecule has 3 rings (SSSR count). The van der Waals surface area contributed by atoms with Crippen molar-refractivity contribution in [3.05, 3.63) is 72.2 Å². The first-order valence-corrected chi connectivity index (χ1v) is 8.94. The van der Waals surface area contributed by atoms with E-state index in [1.165, 1.54) is 24.5 Å². The largest absolute Gasteiger partial charge is 0.365 e. The van der Waals surface area contributed by atoms with E-state index >= 15 is 0 Å². The molecule has 0 saturated carbocycles. The van der Waals surface area contributed by atoms with Crippen LogP contribution in [0.2, 0.25) is 0 Å². The third kappa shape index (κ3) is 5.04. The molecule has 0 unspecified atom stereocenters. The molecular formula is C21H21F2N5O. The number of aromatic nitrogens is 2. The summed E-state index contributed by atoms with van der Waals surface area (Å²) in [6.45, 7) is 5.88. The minimum absolute atomic E-state index is 0.0526. The van der Waals surface area contributed by atoms with Crippen LogP contribution < -0.4 is 16.0 Å². The SMILES string of the molecule is CC(C)(C)Nc1ncccc1C(=O)Nc1cnccc1Nc1cccc(F)c1F. The number of pyridine rings is 2. The van der Waals surface area contributed by atoms with E-state index in [1.54, 1.807) is 24.4 Å². The maximum Gasteiger partial charge on any atom is 0.259 e. The first kappa shape index (κ1) is 20.2. The summed E-state index contributed by atoms with van der Waals surface area (Å²) in [6.07, 6.45) is 4.49. The maximum atomic E-state index is 14.0. The fourth-order valence-corrected chi connectivity index (χ4v) is 2.58. The van der Waals surface area contributed by atoms with Crippen molar-refractivity contribution in [3.8, 4) is 0 Å². The minimum atomic E-state index is -1.01. The Balaban J connectivity index is 1.87. The van der Waals surface area contributed by atoms with Gasteiger partial charge in [-0.2, -0.15) is 0 Å². The fraction of sp³-hybridized carbons (Fsp3) is 0.190. The Bertz CT molecular complexity index is 1030. The number of benzene rings is 1. The zero-order valence-electron chi connectivity index (χ0n) is 16.3. The summed E-state index contributed by atoms with van der Waals surface area (Å²) in [5, 5.41) is 8.73. The zero-order valence-corrected chi connectivity index (χ0v) is 16.3. The molecule has 3 N–H and O–H groups in total. The highest BCUT2D eigenvalue weighted by atomic mass is 19.2. The number of hydrogen-bond acceptors (Lipinski definition) is 5. The summed E-state index contributed by atoms with van der Waals surface area (Å²) < 4.78 is 27.5. The fourth-order valence-electron chi connectivity index (χ4n) is 2.58. The van der Waals surface area contributed by atoms with Gasteiger partial charge in [0.2, 0.25) is 0 Å². The van der Waals surface area contributed by atoms with Gasteiger partial charge in [0.05, 0.1) is 28.8 Å². The Hall–Kier alpha value is -3.55. The van der Waals surface area contributed by atoms with E-state index in [9.17, 15) is 13.6 Å². The summed E-state index contributed by atoms with van der Waals surface area (Å²) in [4.78, 5) is 21.1. The van der Waals surface area contributed by atoms with Gasteiger partial charge in [0.25, 0.3) is 5.91 Å². The van der Waals surface area contributed by atoms with E-state index in [0.717, 1.165) is 6.07 Å². The second-order valence-corrected chi connectivity index (χ2v) is 7.38. The summed E-state index contributed by atoms with van der Waals surface area (Å²) in [7, 11) is 0. The molecule has 0 saturated heterocycles. The molecule has 8 heteroatoms. The number of hydrogen-bond donors (Lipinski definition) is 3. The van der Waals surface area contributed by atoms with Crippen molar-refractivity contribution in [2.75, 3.05) is 16.0 Å². The molecular weight excluding hydrogens is 376 g/mol. The minimum Gasteiger partial charge on any atom is -0.365 e.